The third-order valence-electron chi connectivity index (χ3n) is 3.19. The van der Waals surface area contributed by atoms with Crippen LogP contribution < -0.4 is 16.0 Å². The Morgan fingerprint density at radius 2 is 1.58 bits per heavy atom. The van der Waals surface area contributed by atoms with Crippen LogP contribution in [0.5, 0.6) is 0 Å². The lowest BCUT2D eigenvalue weighted by atomic mass is 10.1. The van der Waals surface area contributed by atoms with Crippen molar-refractivity contribution in [2.45, 2.75) is 26.3 Å². The number of anilines is 1. The van der Waals surface area contributed by atoms with Crippen LogP contribution in [-0.2, 0) is 0 Å². The quantitative estimate of drug-likeness (QED) is 0.637. The fraction of sp³-hybridized carbons (Fsp3) is 0.211. The van der Waals surface area contributed by atoms with Crippen molar-refractivity contribution >= 4 is 50.8 Å². The molecular formula is C19H20BrN3O2S. The number of benzene rings is 2. The molecule has 26 heavy (non-hydrogen) atoms. The van der Waals surface area contributed by atoms with E-state index in [1.807, 2.05) is 26.8 Å². The van der Waals surface area contributed by atoms with Crippen LogP contribution in [0.3, 0.4) is 0 Å². The van der Waals surface area contributed by atoms with Gasteiger partial charge in [-0.3, -0.25) is 14.9 Å². The first-order chi connectivity index (χ1) is 12.1. The second-order valence-electron chi connectivity index (χ2n) is 6.70. The molecule has 0 unspecified atom stereocenters. The summed E-state index contributed by atoms with van der Waals surface area (Å²) in [5.41, 5.74) is 1.28. The van der Waals surface area contributed by atoms with E-state index in [9.17, 15) is 9.59 Å². The second kappa shape index (κ2) is 8.42. The Bertz CT molecular complexity index is 847. The molecule has 0 saturated carbocycles. The predicted molar refractivity (Wildman–Crippen MR) is 111 cm³/mol. The van der Waals surface area contributed by atoms with E-state index < -0.39 is 0 Å². The molecule has 2 aromatic rings. The highest BCUT2D eigenvalue weighted by Crippen LogP contribution is 2.13. The molecule has 0 radical (unpaired) electrons. The minimum Gasteiger partial charge on any atom is -0.347 e. The number of rotatable bonds is 3. The number of hydrogen-bond acceptors (Lipinski definition) is 3. The summed E-state index contributed by atoms with van der Waals surface area (Å²) in [6.07, 6.45) is 0. The summed E-state index contributed by atoms with van der Waals surface area (Å²) >= 11 is 8.51. The van der Waals surface area contributed by atoms with Gasteiger partial charge in [-0.2, -0.15) is 0 Å². The van der Waals surface area contributed by atoms with Gasteiger partial charge in [0.2, 0.25) is 0 Å². The summed E-state index contributed by atoms with van der Waals surface area (Å²) in [6.45, 7) is 5.75. The van der Waals surface area contributed by atoms with Crippen molar-refractivity contribution in [2.24, 2.45) is 0 Å². The van der Waals surface area contributed by atoms with E-state index in [4.69, 9.17) is 12.2 Å². The molecule has 0 aliphatic carbocycles. The van der Waals surface area contributed by atoms with E-state index in [0.29, 0.717) is 16.8 Å². The van der Waals surface area contributed by atoms with Gasteiger partial charge in [-0.1, -0.05) is 28.1 Å². The zero-order valence-corrected chi connectivity index (χ0v) is 17.1. The lowest BCUT2D eigenvalue weighted by Crippen LogP contribution is -2.40. The Kier molecular flexibility index (Phi) is 6.50. The van der Waals surface area contributed by atoms with E-state index in [-0.39, 0.29) is 22.5 Å². The fourth-order valence-corrected chi connectivity index (χ4v) is 2.73. The van der Waals surface area contributed by atoms with Crippen LogP contribution in [0.1, 0.15) is 41.5 Å². The molecule has 0 heterocycles. The van der Waals surface area contributed by atoms with E-state index in [1.54, 1.807) is 42.5 Å². The summed E-state index contributed by atoms with van der Waals surface area (Å²) in [5, 5.41) is 8.60. The van der Waals surface area contributed by atoms with Gasteiger partial charge in [0.1, 0.15) is 0 Å². The highest BCUT2D eigenvalue weighted by atomic mass is 79.9. The van der Waals surface area contributed by atoms with E-state index in [2.05, 4.69) is 31.9 Å². The molecule has 0 aliphatic rings. The standard InChI is InChI=1S/C19H20BrN3O2S/c1-19(2,3)23-17(25)13-7-5-9-15(11-13)21-18(26)22-16(24)12-6-4-8-14(20)10-12/h4-11H,1-3H3,(H,23,25)(H2,21,22,24,26). The number of thiocarbonyl (C=S) groups is 1. The van der Waals surface area contributed by atoms with Crippen molar-refractivity contribution in [1.29, 1.82) is 0 Å². The number of hydrogen-bond donors (Lipinski definition) is 3. The number of carbonyl (C=O) groups is 2. The summed E-state index contributed by atoms with van der Waals surface area (Å²) in [5.74, 6) is -0.490. The van der Waals surface area contributed by atoms with Crippen molar-refractivity contribution in [3.8, 4) is 0 Å². The summed E-state index contributed by atoms with van der Waals surface area (Å²) in [6, 6.07) is 13.9. The van der Waals surface area contributed by atoms with Crippen LogP contribution in [0.25, 0.3) is 0 Å². The predicted octanol–water partition coefficient (Wildman–Crippen LogP) is 4.10. The van der Waals surface area contributed by atoms with Crippen molar-refractivity contribution in [3.63, 3.8) is 0 Å². The van der Waals surface area contributed by atoms with Crippen LogP contribution in [0.4, 0.5) is 5.69 Å². The highest BCUT2D eigenvalue weighted by molar-refractivity contribution is 9.10. The molecular weight excluding hydrogens is 414 g/mol. The third-order valence-corrected chi connectivity index (χ3v) is 3.88. The molecule has 2 rings (SSSR count). The van der Waals surface area contributed by atoms with Gasteiger partial charge in [0.25, 0.3) is 11.8 Å². The van der Waals surface area contributed by atoms with Gasteiger partial charge in [0.15, 0.2) is 5.11 Å². The first-order valence-electron chi connectivity index (χ1n) is 7.94. The minimum atomic E-state index is -0.326. The first kappa shape index (κ1) is 20.1. The monoisotopic (exact) mass is 433 g/mol. The van der Waals surface area contributed by atoms with Crippen molar-refractivity contribution in [1.82, 2.24) is 10.6 Å². The zero-order chi connectivity index (χ0) is 19.3. The molecule has 3 N–H and O–H groups in total. The van der Waals surface area contributed by atoms with Crippen LogP contribution in [-0.4, -0.2) is 22.5 Å². The SMILES string of the molecule is CC(C)(C)NC(=O)c1cccc(NC(=S)NC(=O)c2cccc(Br)c2)c1. The highest BCUT2D eigenvalue weighted by Gasteiger charge is 2.15. The average Bonchev–Trinajstić information content (AvgIpc) is 2.53. The van der Waals surface area contributed by atoms with Crippen molar-refractivity contribution in [2.75, 3.05) is 5.32 Å². The Morgan fingerprint density at radius 3 is 2.19 bits per heavy atom. The molecule has 0 aromatic heterocycles. The Balaban J connectivity index is 2.02. The largest absolute Gasteiger partial charge is 0.347 e. The fourth-order valence-electron chi connectivity index (χ4n) is 2.12. The van der Waals surface area contributed by atoms with Crippen LogP contribution in [0, 0.1) is 0 Å². The zero-order valence-electron chi connectivity index (χ0n) is 14.7. The smallest absolute Gasteiger partial charge is 0.257 e. The van der Waals surface area contributed by atoms with Gasteiger partial charge < -0.3 is 10.6 Å². The summed E-state index contributed by atoms with van der Waals surface area (Å²) in [4.78, 5) is 24.5. The Labute approximate surface area is 166 Å². The van der Waals surface area contributed by atoms with E-state index in [1.165, 1.54) is 0 Å². The molecule has 2 aromatic carbocycles. The van der Waals surface area contributed by atoms with Crippen molar-refractivity contribution < 1.29 is 9.59 Å². The van der Waals surface area contributed by atoms with Crippen LogP contribution in [0.2, 0.25) is 0 Å². The molecule has 2 amide bonds. The van der Waals surface area contributed by atoms with Crippen LogP contribution in [0.15, 0.2) is 53.0 Å². The van der Waals surface area contributed by atoms with E-state index >= 15 is 0 Å². The summed E-state index contributed by atoms with van der Waals surface area (Å²) in [7, 11) is 0. The number of carbonyl (C=O) groups excluding carboxylic acids is 2. The van der Waals surface area contributed by atoms with Gasteiger partial charge in [-0.25, -0.2) is 0 Å². The minimum absolute atomic E-state index is 0.156. The number of nitrogens with one attached hydrogen (secondary N) is 3. The lowest BCUT2D eigenvalue weighted by Gasteiger charge is -2.20. The molecule has 5 nitrogen and oxygen atoms in total. The van der Waals surface area contributed by atoms with Gasteiger partial charge >= 0.3 is 0 Å². The first-order valence-corrected chi connectivity index (χ1v) is 9.15. The molecule has 0 fully saturated rings. The van der Waals surface area contributed by atoms with Crippen molar-refractivity contribution in [3.05, 3.63) is 64.1 Å². The van der Waals surface area contributed by atoms with E-state index in [0.717, 1.165) is 4.47 Å². The lowest BCUT2D eigenvalue weighted by molar-refractivity contribution is 0.0918. The number of halogens is 1. The maximum Gasteiger partial charge on any atom is 0.257 e. The number of amides is 2. The van der Waals surface area contributed by atoms with Gasteiger partial charge in [-0.15, -0.1) is 0 Å². The van der Waals surface area contributed by atoms with Gasteiger partial charge in [-0.05, 0) is 69.4 Å². The van der Waals surface area contributed by atoms with Gasteiger partial charge in [0, 0.05) is 26.8 Å². The topological polar surface area (TPSA) is 70.2 Å². The Hall–Kier alpha value is -2.25. The molecule has 0 atom stereocenters. The normalized spacial score (nSPS) is 10.8. The molecule has 0 bridgehead atoms. The maximum absolute atomic E-state index is 12.2. The molecule has 7 heteroatoms. The molecule has 0 aliphatic heterocycles. The molecule has 0 spiro atoms. The average molecular weight is 434 g/mol. The third kappa shape index (κ3) is 6.24. The Morgan fingerprint density at radius 1 is 0.962 bits per heavy atom. The summed E-state index contributed by atoms with van der Waals surface area (Å²) < 4.78 is 0.807. The van der Waals surface area contributed by atoms with Crippen LogP contribution >= 0.6 is 28.1 Å². The van der Waals surface area contributed by atoms with Gasteiger partial charge in [0.05, 0.1) is 0 Å². The maximum atomic E-state index is 12.2. The molecule has 0 saturated heterocycles. The second-order valence-corrected chi connectivity index (χ2v) is 8.03. The molecule has 136 valence electrons.